The van der Waals surface area contributed by atoms with Crippen LogP contribution in [0.4, 0.5) is 0 Å². The molecule has 1 aromatic heterocycles. The van der Waals surface area contributed by atoms with Crippen molar-refractivity contribution < 1.29 is 13.9 Å². The number of rotatable bonds is 2. The van der Waals surface area contributed by atoms with Gasteiger partial charge in [0.1, 0.15) is 6.10 Å². The van der Waals surface area contributed by atoms with Gasteiger partial charge in [-0.15, -0.1) is 5.10 Å². The maximum atomic E-state index is 12.4. The van der Waals surface area contributed by atoms with Gasteiger partial charge in [0, 0.05) is 32.1 Å². The molecule has 21 heavy (non-hydrogen) atoms. The number of likely N-dealkylation sites (N-methyl/N-ethyl adjacent to an activating group) is 1. The van der Waals surface area contributed by atoms with Crippen molar-refractivity contribution in [3.63, 3.8) is 0 Å². The van der Waals surface area contributed by atoms with Gasteiger partial charge in [0.2, 0.25) is 5.89 Å². The van der Waals surface area contributed by atoms with Crippen LogP contribution in [-0.2, 0) is 9.53 Å². The minimum absolute atomic E-state index is 0.0588. The Morgan fingerprint density at radius 3 is 2.71 bits per heavy atom. The Kier molecular flexibility index (Phi) is 4.07. The van der Waals surface area contributed by atoms with Crippen LogP contribution in [-0.4, -0.2) is 71.8 Å². The van der Waals surface area contributed by atoms with Crippen molar-refractivity contribution >= 4 is 5.91 Å². The van der Waals surface area contributed by atoms with Gasteiger partial charge in [-0.2, -0.15) is 0 Å². The van der Waals surface area contributed by atoms with E-state index in [0.717, 1.165) is 19.4 Å². The van der Waals surface area contributed by atoms with E-state index in [1.165, 1.54) is 0 Å². The Balaban J connectivity index is 1.55. The van der Waals surface area contributed by atoms with Crippen molar-refractivity contribution in [1.29, 1.82) is 0 Å². The number of amides is 1. The van der Waals surface area contributed by atoms with E-state index in [0.29, 0.717) is 32.1 Å². The first kappa shape index (κ1) is 14.3. The summed E-state index contributed by atoms with van der Waals surface area (Å²) in [6.07, 6.45) is 1.15. The van der Waals surface area contributed by atoms with E-state index in [1.54, 1.807) is 0 Å². The first-order valence-electron chi connectivity index (χ1n) is 7.28. The third kappa shape index (κ3) is 3.16. The molecule has 2 fully saturated rings. The molecule has 0 saturated carbocycles. The van der Waals surface area contributed by atoms with Gasteiger partial charge in [-0.3, -0.25) is 4.79 Å². The number of hydrogen-bond acceptors (Lipinski definition) is 6. The monoisotopic (exact) mass is 296 g/mol. The van der Waals surface area contributed by atoms with Crippen LogP contribution in [0, 0.1) is 0 Å². The molecule has 2 aliphatic rings. The molecule has 1 aromatic rings. The molecule has 1 atom stereocenters. The van der Waals surface area contributed by atoms with Crippen LogP contribution in [0.15, 0.2) is 9.21 Å². The van der Waals surface area contributed by atoms with E-state index in [-0.39, 0.29) is 17.9 Å². The third-order valence-electron chi connectivity index (χ3n) is 4.16. The van der Waals surface area contributed by atoms with Crippen LogP contribution in [0.5, 0.6) is 0 Å². The van der Waals surface area contributed by atoms with Crippen LogP contribution in [0.25, 0.3) is 0 Å². The second kappa shape index (κ2) is 5.98. The van der Waals surface area contributed by atoms with Crippen LogP contribution in [0.2, 0.25) is 0 Å². The average Bonchev–Trinajstić information content (AvgIpc) is 2.93. The number of aromatic nitrogens is 2. The predicted molar refractivity (Wildman–Crippen MR) is 72.9 cm³/mol. The van der Waals surface area contributed by atoms with E-state index in [2.05, 4.69) is 15.1 Å². The first-order chi connectivity index (χ1) is 10.1. The van der Waals surface area contributed by atoms with Crippen molar-refractivity contribution in [2.75, 3.05) is 39.8 Å². The lowest BCUT2D eigenvalue weighted by molar-refractivity contribution is -0.149. The molecule has 1 unspecified atom stereocenters. The minimum atomic E-state index is -0.526. The lowest BCUT2D eigenvalue weighted by atomic mass is 9.96. The standard InChI is InChI=1S/C13H20N4O4/c1-16-6-7-20-10(8-16)12(18)17-4-2-9(3-5-17)11-14-15-13(19)21-11/h9-10H,2-8H2,1H3,(H,15,19). The normalized spacial score (nSPS) is 25.2. The number of morpholine rings is 1. The van der Waals surface area contributed by atoms with Gasteiger partial charge in [-0.05, 0) is 19.9 Å². The van der Waals surface area contributed by atoms with Crippen LogP contribution in [0.1, 0.15) is 24.7 Å². The van der Waals surface area contributed by atoms with Gasteiger partial charge < -0.3 is 19.0 Å². The number of carbonyl (C=O) groups excluding carboxylic acids is 1. The molecule has 0 aromatic carbocycles. The summed E-state index contributed by atoms with van der Waals surface area (Å²) >= 11 is 0. The highest BCUT2D eigenvalue weighted by molar-refractivity contribution is 5.81. The Morgan fingerprint density at radius 2 is 2.10 bits per heavy atom. The van der Waals surface area contributed by atoms with E-state index < -0.39 is 5.76 Å². The molecule has 1 N–H and O–H groups in total. The number of carbonyl (C=O) groups is 1. The summed E-state index contributed by atoms with van der Waals surface area (Å²) in [7, 11) is 1.99. The largest absolute Gasteiger partial charge is 0.434 e. The fourth-order valence-corrected chi connectivity index (χ4v) is 2.89. The second-order valence-electron chi connectivity index (χ2n) is 5.67. The number of aromatic amines is 1. The Hall–Kier alpha value is -1.67. The maximum Gasteiger partial charge on any atom is 0.434 e. The number of nitrogens with one attached hydrogen (secondary N) is 1. The Bertz CT molecular complexity index is 546. The van der Waals surface area contributed by atoms with E-state index in [1.807, 2.05) is 11.9 Å². The van der Waals surface area contributed by atoms with Crippen LogP contribution < -0.4 is 5.76 Å². The number of H-pyrrole nitrogens is 1. The Morgan fingerprint density at radius 1 is 1.33 bits per heavy atom. The number of ether oxygens (including phenoxy) is 1. The molecule has 3 heterocycles. The van der Waals surface area contributed by atoms with Gasteiger partial charge >= 0.3 is 5.76 Å². The molecule has 8 heteroatoms. The Labute approximate surface area is 122 Å². The van der Waals surface area contributed by atoms with Crippen molar-refractivity contribution in [1.82, 2.24) is 20.0 Å². The third-order valence-corrected chi connectivity index (χ3v) is 4.16. The summed E-state index contributed by atoms with van der Waals surface area (Å²) in [6.45, 7) is 3.39. The molecule has 0 aliphatic carbocycles. The second-order valence-corrected chi connectivity index (χ2v) is 5.67. The highest BCUT2D eigenvalue weighted by Gasteiger charge is 2.32. The van der Waals surface area contributed by atoms with Crippen molar-refractivity contribution in [2.24, 2.45) is 0 Å². The quantitative estimate of drug-likeness (QED) is 0.783. The molecule has 0 bridgehead atoms. The molecule has 2 aliphatic heterocycles. The molecule has 2 saturated heterocycles. The smallest absolute Gasteiger partial charge is 0.392 e. The SMILES string of the molecule is CN1CCOC(C(=O)N2CCC(c3n[nH]c(=O)o3)CC2)C1. The van der Waals surface area contributed by atoms with Gasteiger partial charge in [0.25, 0.3) is 5.91 Å². The molecule has 0 spiro atoms. The zero-order valence-corrected chi connectivity index (χ0v) is 12.1. The number of likely N-dealkylation sites (tertiary alicyclic amines) is 1. The summed E-state index contributed by atoms with van der Waals surface area (Å²) in [5, 5.41) is 6.15. The molecular weight excluding hydrogens is 276 g/mol. The molecule has 0 radical (unpaired) electrons. The van der Waals surface area contributed by atoms with Gasteiger partial charge in [0.15, 0.2) is 0 Å². The minimum Gasteiger partial charge on any atom is -0.392 e. The fraction of sp³-hybridized carbons (Fsp3) is 0.769. The van der Waals surface area contributed by atoms with Crippen molar-refractivity contribution in [2.45, 2.75) is 24.9 Å². The number of piperidine rings is 1. The fourth-order valence-electron chi connectivity index (χ4n) is 2.89. The lowest BCUT2D eigenvalue weighted by Gasteiger charge is -2.36. The highest BCUT2D eigenvalue weighted by Crippen LogP contribution is 2.26. The first-order valence-corrected chi connectivity index (χ1v) is 7.28. The summed E-state index contributed by atoms with van der Waals surface area (Å²) in [5.74, 6) is 0.0781. The topological polar surface area (TPSA) is 91.7 Å². The van der Waals surface area contributed by atoms with E-state index >= 15 is 0 Å². The molecule has 8 nitrogen and oxygen atoms in total. The van der Waals surface area contributed by atoms with Crippen molar-refractivity contribution in [3.05, 3.63) is 16.4 Å². The summed E-state index contributed by atoms with van der Waals surface area (Å²) < 4.78 is 10.6. The van der Waals surface area contributed by atoms with E-state index in [4.69, 9.17) is 9.15 Å². The molecular formula is C13H20N4O4. The summed E-state index contributed by atoms with van der Waals surface area (Å²) in [5.41, 5.74) is 0. The van der Waals surface area contributed by atoms with Crippen LogP contribution in [0.3, 0.4) is 0 Å². The predicted octanol–water partition coefficient (Wildman–Crippen LogP) is -0.600. The number of hydrogen-bond donors (Lipinski definition) is 1. The molecule has 1 amide bonds. The van der Waals surface area contributed by atoms with Gasteiger partial charge in [0.05, 0.1) is 6.61 Å². The highest BCUT2D eigenvalue weighted by atomic mass is 16.5. The summed E-state index contributed by atoms with van der Waals surface area (Å²) in [4.78, 5) is 27.3. The molecule has 3 rings (SSSR count). The maximum absolute atomic E-state index is 12.4. The average molecular weight is 296 g/mol. The van der Waals surface area contributed by atoms with Crippen LogP contribution >= 0.6 is 0 Å². The van der Waals surface area contributed by atoms with Crippen molar-refractivity contribution in [3.8, 4) is 0 Å². The zero-order valence-electron chi connectivity index (χ0n) is 12.1. The van der Waals surface area contributed by atoms with E-state index in [9.17, 15) is 9.59 Å². The lowest BCUT2D eigenvalue weighted by Crippen LogP contribution is -2.51. The molecule has 116 valence electrons. The van der Waals surface area contributed by atoms with Gasteiger partial charge in [-0.25, -0.2) is 9.89 Å². The van der Waals surface area contributed by atoms with Gasteiger partial charge in [-0.1, -0.05) is 0 Å². The number of nitrogens with zero attached hydrogens (tertiary/aromatic N) is 3. The summed E-state index contributed by atoms with van der Waals surface area (Å²) in [6, 6.07) is 0. The zero-order chi connectivity index (χ0) is 14.8.